The molecule has 27 heavy (non-hydrogen) atoms. The highest BCUT2D eigenvalue weighted by molar-refractivity contribution is 9.10. The SMILES string of the molecule is COc1cc(/C=C/[N+](=O)[O-])cc(Br)c1OC(=O)COc1ccc(C)c(C)c1. The van der Waals surface area contributed by atoms with Gasteiger partial charge in [0.05, 0.1) is 16.5 Å². The van der Waals surface area contributed by atoms with Crippen molar-refractivity contribution in [3.8, 4) is 17.2 Å². The first-order valence-corrected chi connectivity index (χ1v) is 8.69. The number of benzene rings is 2. The minimum Gasteiger partial charge on any atom is -0.493 e. The van der Waals surface area contributed by atoms with Gasteiger partial charge in [0.2, 0.25) is 6.20 Å². The highest BCUT2D eigenvalue weighted by Crippen LogP contribution is 2.37. The van der Waals surface area contributed by atoms with Crippen LogP contribution in [0.1, 0.15) is 16.7 Å². The van der Waals surface area contributed by atoms with Gasteiger partial charge in [-0.3, -0.25) is 10.1 Å². The number of nitro groups is 1. The lowest BCUT2D eigenvalue weighted by Gasteiger charge is -2.13. The summed E-state index contributed by atoms with van der Waals surface area (Å²) in [5, 5.41) is 10.4. The smallest absolute Gasteiger partial charge is 0.349 e. The topological polar surface area (TPSA) is 87.9 Å². The normalized spacial score (nSPS) is 10.7. The zero-order valence-electron chi connectivity index (χ0n) is 15.0. The largest absolute Gasteiger partial charge is 0.493 e. The first kappa shape index (κ1) is 20.4. The van der Waals surface area contributed by atoms with Crippen molar-refractivity contribution in [2.75, 3.05) is 13.7 Å². The molecule has 0 bridgehead atoms. The Hall–Kier alpha value is -2.87. The van der Waals surface area contributed by atoms with Crippen LogP contribution in [-0.4, -0.2) is 24.6 Å². The van der Waals surface area contributed by atoms with Crippen molar-refractivity contribution in [3.63, 3.8) is 0 Å². The molecule has 0 aliphatic heterocycles. The molecule has 0 heterocycles. The van der Waals surface area contributed by atoms with E-state index in [0.717, 1.165) is 17.3 Å². The van der Waals surface area contributed by atoms with Gasteiger partial charge in [-0.1, -0.05) is 6.07 Å². The predicted octanol–water partition coefficient (Wildman–Crippen LogP) is 4.31. The molecular formula is C19H18BrNO6. The maximum absolute atomic E-state index is 12.1. The van der Waals surface area contributed by atoms with Crippen molar-refractivity contribution < 1.29 is 23.9 Å². The Bertz CT molecular complexity index is 894. The predicted molar refractivity (Wildman–Crippen MR) is 104 cm³/mol. The molecule has 2 rings (SSSR count). The van der Waals surface area contributed by atoms with Crippen LogP contribution in [0, 0.1) is 24.0 Å². The lowest BCUT2D eigenvalue weighted by molar-refractivity contribution is -0.400. The molecule has 0 radical (unpaired) electrons. The Labute approximate surface area is 164 Å². The molecule has 142 valence electrons. The second-order valence-electron chi connectivity index (χ2n) is 5.64. The third kappa shape index (κ3) is 5.82. The van der Waals surface area contributed by atoms with Crippen molar-refractivity contribution in [2.45, 2.75) is 13.8 Å². The van der Waals surface area contributed by atoms with E-state index in [-0.39, 0.29) is 18.1 Å². The van der Waals surface area contributed by atoms with Crippen LogP contribution in [-0.2, 0) is 4.79 Å². The number of halogens is 1. The number of ether oxygens (including phenoxy) is 3. The number of hydrogen-bond acceptors (Lipinski definition) is 6. The number of carbonyl (C=O) groups is 1. The fourth-order valence-electron chi connectivity index (χ4n) is 2.17. The van der Waals surface area contributed by atoms with Gasteiger partial charge in [0, 0.05) is 6.08 Å². The number of carbonyl (C=O) groups excluding carboxylic acids is 1. The van der Waals surface area contributed by atoms with Crippen molar-refractivity contribution in [1.29, 1.82) is 0 Å². The summed E-state index contributed by atoms with van der Waals surface area (Å²) < 4.78 is 16.4. The molecule has 0 aliphatic rings. The van der Waals surface area contributed by atoms with Gasteiger partial charge in [0.1, 0.15) is 5.75 Å². The molecule has 0 unspecified atom stereocenters. The summed E-state index contributed by atoms with van der Waals surface area (Å²) in [7, 11) is 1.41. The Kier molecular flexibility index (Phi) is 6.95. The van der Waals surface area contributed by atoms with E-state index in [9.17, 15) is 14.9 Å². The number of methoxy groups -OCH3 is 1. The van der Waals surface area contributed by atoms with E-state index in [4.69, 9.17) is 14.2 Å². The van der Waals surface area contributed by atoms with Crippen LogP contribution in [0.5, 0.6) is 17.2 Å². The molecule has 8 heteroatoms. The molecule has 0 spiro atoms. The third-order valence-corrected chi connectivity index (χ3v) is 4.28. The molecule has 7 nitrogen and oxygen atoms in total. The molecule has 0 fully saturated rings. The summed E-state index contributed by atoms with van der Waals surface area (Å²) >= 11 is 3.29. The minimum absolute atomic E-state index is 0.171. The second kappa shape index (κ2) is 9.18. The van der Waals surface area contributed by atoms with Gasteiger partial charge >= 0.3 is 5.97 Å². The van der Waals surface area contributed by atoms with Crippen molar-refractivity contribution in [2.24, 2.45) is 0 Å². The highest BCUT2D eigenvalue weighted by Gasteiger charge is 2.16. The van der Waals surface area contributed by atoms with E-state index in [1.54, 1.807) is 12.1 Å². The summed E-state index contributed by atoms with van der Waals surface area (Å²) in [5.41, 5.74) is 2.70. The number of hydrogen-bond donors (Lipinski definition) is 0. The molecule has 2 aromatic rings. The number of rotatable bonds is 7. The van der Waals surface area contributed by atoms with E-state index in [1.165, 1.54) is 19.3 Å². The Morgan fingerprint density at radius 1 is 1.22 bits per heavy atom. The van der Waals surface area contributed by atoms with Crippen LogP contribution in [0.25, 0.3) is 6.08 Å². The van der Waals surface area contributed by atoms with Crippen molar-refractivity contribution in [1.82, 2.24) is 0 Å². The maximum Gasteiger partial charge on any atom is 0.349 e. The van der Waals surface area contributed by atoms with Crippen LogP contribution < -0.4 is 14.2 Å². The summed E-state index contributed by atoms with van der Waals surface area (Å²) in [4.78, 5) is 22.0. The van der Waals surface area contributed by atoms with E-state index in [1.807, 2.05) is 26.0 Å². The molecule has 0 saturated heterocycles. The van der Waals surface area contributed by atoms with Gasteiger partial charge in [0.25, 0.3) is 0 Å². The van der Waals surface area contributed by atoms with Gasteiger partial charge in [-0.15, -0.1) is 0 Å². The third-order valence-electron chi connectivity index (χ3n) is 3.69. The first-order valence-electron chi connectivity index (χ1n) is 7.90. The fraction of sp³-hybridized carbons (Fsp3) is 0.211. The quantitative estimate of drug-likeness (QED) is 0.278. The number of esters is 1. The average molecular weight is 436 g/mol. The van der Waals surface area contributed by atoms with Gasteiger partial charge in [0.15, 0.2) is 18.1 Å². The lowest BCUT2D eigenvalue weighted by atomic mass is 10.1. The van der Waals surface area contributed by atoms with E-state index in [2.05, 4.69) is 15.9 Å². The Balaban J connectivity index is 2.09. The van der Waals surface area contributed by atoms with E-state index < -0.39 is 10.9 Å². The number of nitrogens with zero attached hydrogens (tertiary/aromatic N) is 1. The molecule has 0 aliphatic carbocycles. The van der Waals surface area contributed by atoms with Crippen LogP contribution in [0.2, 0.25) is 0 Å². The zero-order valence-corrected chi connectivity index (χ0v) is 16.6. The van der Waals surface area contributed by atoms with Gasteiger partial charge in [-0.05, 0) is 70.7 Å². The lowest BCUT2D eigenvalue weighted by Crippen LogP contribution is -2.18. The maximum atomic E-state index is 12.1. The van der Waals surface area contributed by atoms with Crippen LogP contribution in [0.4, 0.5) is 0 Å². The van der Waals surface area contributed by atoms with Gasteiger partial charge in [-0.25, -0.2) is 4.79 Å². The van der Waals surface area contributed by atoms with E-state index in [0.29, 0.717) is 15.8 Å². The number of aryl methyl sites for hydroxylation is 2. The fourth-order valence-corrected chi connectivity index (χ4v) is 2.71. The molecule has 0 atom stereocenters. The summed E-state index contributed by atoms with van der Waals surface area (Å²) in [6, 6.07) is 8.64. The Morgan fingerprint density at radius 3 is 2.59 bits per heavy atom. The van der Waals surface area contributed by atoms with Gasteiger partial charge < -0.3 is 14.2 Å². The summed E-state index contributed by atoms with van der Waals surface area (Å²) in [6.07, 6.45) is 2.12. The van der Waals surface area contributed by atoms with Crippen molar-refractivity contribution in [3.05, 3.63) is 67.8 Å². The van der Waals surface area contributed by atoms with Crippen molar-refractivity contribution >= 4 is 28.0 Å². The van der Waals surface area contributed by atoms with Crippen LogP contribution >= 0.6 is 15.9 Å². The summed E-state index contributed by atoms with van der Waals surface area (Å²) in [5.74, 6) is 0.388. The standard InChI is InChI=1S/C19H18BrNO6/c1-12-4-5-15(8-13(12)2)26-11-18(22)27-19-16(20)9-14(6-7-21(23)24)10-17(19)25-3/h4-10H,11H2,1-3H3/b7-6+. The summed E-state index contributed by atoms with van der Waals surface area (Å²) in [6.45, 7) is 3.67. The second-order valence-corrected chi connectivity index (χ2v) is 6.50. The molecule has 0 saturated carbocycles. The Morgan fingerprint density at radius 2 is 1.96 bits per heavy atom. The molecule has 2 aromatic carbocycles. The zero-order chi connectivity index (χ0) is 20.0. The highest BCUT2D eigenvalue weighted by atomic mass is 79.9. The van der Waals surface area contributed by atoms with E-state index >= 15 is 0 Å². The molecule has 0 N–H and O–H groups in total. The molecular weight excluding hydrogens is 418 g/mol. The first-order chi connectivity index (χ1) is 12.8. The van der Waals surface area contributed by atoms with Crippen LogP contribution in [0.3, 0.4) is 0 Å². The monoisotopic (exact) mass is 435 g/mol. The minimum atomic E-state index is -0.610. The molecule has 0 aromatic heterocycles. The van der Waals surface area contributed by atoms with Gasteiger partial charge in [-0.2, -0.15) is 0 Å². The average Bonchev–Trinajstić information content (AvgIpc) is 2.62. The molecule has 0 amide bonds. The van der Waals surface area contributed by atoms with Crippen LogP contribution in [0.15, 0.2) is 41.0 Å².